The van der Waals surface area contributed by atoms with Crippen LogP contribution in [0, 0.1) is 0 Å². The normalized spacial score (nSPS) is 13.3. The fraction of sp³-hybridized carbons (Fsp3) is 0.500. The molecule has 0 saturated carbocycles. The van der Waals surface area contributed by atoms with Gasteiger partial charge >= 0.3 is 0 Å². The van der Waals surface area contributed by atoms with E-state index in [1.165, 1.54) is 19.1 Å². The van der Waals surface area contributed by atoms with Crippen LogP contribution in [-0.2, 0) is 14.6 Å². The molecule has 0 heterocycles. The van der Waals surface area contributed by atoms with Crippen molar-refractivity contribution in [2.24, 2.45) is 0 Å². The van der Waals surface area contributed by atoms with Crippen molar-refractivity contribution in [3.05, 3.63) is 24.3 Å². The second-order valence-electron chi connectivity index (χ2n) is 4.90. The summed E-state index contributed by atoms with van der Waals surface area (Å²) in [5.41, 5.74) is 0. The van der Waals surface area contributed by atoms with E-state index < -0.39 is 15.1 Å². The van der Waals surface area contributed by atoms with Crippen LogP contribution in [0.25, 0.3) is 0 Å². The van der Waals surface area contributed by atoms with Crippen molar-refractivity contribution in [3.63, 3.8) is 0 Å². The first-order valence-corrected chi connectivity index (χ1v) is 7.78. The van der Waals surface area contributed by atoms with E-state index in [1.54, 1.807) is 19.1 Å². The summed E-state index contributed by atoms with van der Waals surface area (Å²) in [6.45, 7) is 6.75. The van der Waals surface area contributed by atoms with Gasteiger partial charge in [0, 0.05) is 6.42 Å². The molecular formula is C14H20O4S. The van der Waals surface area contributed by atoms with Gasteiger partial charge in [-0.15, -0.1) is 0 Å². The molecule has 0 aliphatic heterocycles. The summed E-state index contributed by atoms with van der Waals surface area (Å²) in [5, 5.41) is -0.707. The largest absolute Gasteiger partial charge is 0.491 e. The molecule has 1 aromatic rings. The third-order valence-corrected chi connectivity index (χ3v) is 4.78. The van der Waals surface area contributed by atoms with Gasteiger partial charge in [-0.05, 0) is 52.0 Å². The summed E-state index contributed by atoms with van der Waals surface area (Å²) in [4.78, 5) is 11.2. The standard InChI is InChI=1S/C14H20O4S/c1-10(2)18-13-5-7-14(8-6-13)19(16,17)12(4)9-11(3)15/h5-8,10,12H,9H2,1-4H3. The third-order valence-electron chi connectivity index (χ3n) is 2.63. The number of hydrogen-bond acceptors (Lipinski definition) is 4. The van der Waals surface area contributed by atoms with Crippen LogP contribution in [0.1, 0.15) is 34.1 Å². The van der Waals surface area contributed by atoms with Crippen LogP contribution < -0.4 is 4.74 Å². The van der Waals surface area contributed by atoms with Gasteiger partial charge in [0.1, 0.15) is 11.5 Å². The van der Waals surface area contributed by atoms with Crippen molar-refractivity contribution in [1.29, 1.82) is 0 Å². The zero-order valence-electron chi connectivity index (χ0n) is 11.7. The molecule has 0 saturated heterocycles. The molecule has 0 aliphatic rings. The number of ketones is 1. The topological polar surface area (TPSA) is 60.4 Å². The zero-order valence-corrected chi connectivity index (χ0v) is 12.5. The maximum atomic E-state index is 12.2. The molecule has 19 heavy (non-hydrogen) atoms. The minimum absolute atomic E-state index is 0.0343. The zero-order chi connectivity index (χ0) is 14.6. The highest BCUT2D eigenvalue weighted by atomic mass is 32.2. The van der Waals surface area contributed by atoms with E-state index in [0.29, 0.717) is 5.75 Å². The summed E-state index contributed by atoms with van der Waals surface area (Å²) in [5.74, 6) is 0.504. The van der Waals surface area contributed by atoms with Gasteiger partial charge in [0.25, 0.3) is 0 Å². The molecule has 1 atom stereocenters. The van der Waals surface area contributed by atoms with E-state index >= 15 is 0 Å². The number of Topliss-reactive ketones (excluding diaryl/α,β-unsaturated/α-hetero) is 1. The van der Waals surface area contributed by atoms with Gasteiger partial charge in [-0.3, -0.25) is 4.79 Å². The number of benzene rings is 1. The Bertz CT molecular complexity index is 529. The molecule has 0 aromatic heterocycles. The lowest BCUT2D eigenvalue weighted by molar-refractivity contribution is -0.116. The maximum absolute atomic E-state index is 12.2. The number of ether oxygens (including phenoxy) is 1. The van der Waals surface area contributed by atoms with Crippen LogP contribution in [0.3, 0.4) is 0 Å². The first-order chi connectivity index (χ1) is 8.73. The molecular weight excluding hydrogens is 264 g/mol. The van der Waals surface area contributed by atoms with Gasteiger partial charge in [-0.25, -0.2) is 8.42 Å². The van der Waals surface area contributed by atoms with Crippen molar-refractivity contribution < 1.29 is 17.9 Å². The van der Waals surface area contributed by atoms with Gasteiger partial charge in [-0.1, -0.05) is 0 Å². The molecule has 1 unspecified atom stereocenters. The van der Waals surface area contributed by atoms with Gasteiger partial charge in [-0.2, -0.15) is 0 Å². The van der Waals surface area contributed by atoms with Crippen molar-refractivity contribution in [2.75, 3.05) is 0 Å². The molecule has 0 amide bonds. The lowest BCUT2D eigenvalue weighted by Gasteiger charge is -2.13. The van der Waals surface area contributed by atoms with Crippen LogP contribution in [0.5, 0.6) is 5.75 Å². The monoisotopic (exact) mass is 284 g/mol. The van der Waals surface area contributed by atoms with Crippen LogP contribution in [0.15, 0.2) is 29.2 Å². The van der Waals surface area contributed by atoms with Crippen molar-refractivity contribution in [3.8, 4) is 5.75 Å². The van der Waals surface area contributed by atoms with Gasteiger partial charge in [0.15, 0.2) is 9.84 Å². The predicted molar refractivity (Wildman–Crippen MR) is 74.2 cm³/mol. The average Bonchev–Trinajstić information content (AvgIpc) is 2.27. The summed E-state index contributed by atoms with van der Waals surface area (Å²) < 4.78 is 29.9. The molecule has 5 heteroatoms. The Morgan fingerprint density at radius 2 is 1.68 bits per heavy atom. The number of hydrogen-bond donors (Lipinski definition) is 0. The SMILES string of the molecule is CC(=O)CC(C)S(=O)(=O)c1ccc(OC(C)C)cc1. The van der Waals surface area contributed by atoms with E-state index in [-0.39, 0.29) is 23.2 Å². The highest BCUT2D eigenvalue weighted by molar-refractivity contribution is 7.92. The number of sulfone groups is 1. The summed E-state index contributed by atoms with van der Waals surface area (Å²) >= 11 is 0. The summed E-state index contributed by atoms with van der Waals surface area (Å²) in [7, 11) is -3.46. The Labute approximate surface area is 114 Å². The van der Waals surface area contributed by atoms with Crippen LogP contribution in [0.2, 0.25) is 0 Å². The molecule has 106 valence electrons. The Kier molecular flexibility index (Phi) is 5.11. The Balaban J connectivity index is 2.93. The van der Waals surface area contributed by atoms with Crippen LogP contribution in [-0.4, -0.2) is 25.6 Å². The molecule has 0 bridgehead atoms. The van der Waals surface area contributed by atoms with Gasteiger partial charge in [0.05, 0.1) is 16.2 Å². The Morgan fingerprint density at radius 1 is 1.16 bits per heavy atom. The summed E-state index contributed by atoms with van der Waals surface area (Å²) in [6.07, 6.45) is 0.0751. The highest BCUT2D eigenvalue weighted by Crippen LogP contribution is 2.22. The Morgan fingerprint density at radius 3 is 2.11 bits per heavy atom. The molecule has 4 nitrogen and oxygen atoms in total. The quantitative estimate of drug-likeness (QED) is 0.805. The predicted octanol–water partition coefficient (Wildman–Crippen LogP) is 2.62. The number of carbonyl (C=O) groups is 1. The fourth-order valence-corrected chi connectivity index (χ4v) is 3.16. The Hall–Kier alpha value is -1.36. The van der Waals surface area contributed by atoms with Gasteiger partial charge in [0.2, 0.25) is 0 Å². The second kappa shape index (κ2) is 6.19. The molecule has 0 fully saturated rings. The molecule has 1 aromatic carbocycles. The minimum atomic E-state index is -3.46. The van der Waals surface area contributed by atoms with E-state index in [0.717, 1.165) is 0 Å². The van der Waals surface area contributed by atoms with E-state index in [1.807, 2.05) is 13.8 Å². The third kappa shape index (κ3) is 4.35. The lowest BCUT2D eigenvalue weighted by atomic mass is 10.2. The van der Waals surface area contributed by atoms with Crippen LogP contribution >= 0.6 is 0 Å². The molecule has 0 aliphatic carbocycles. The van der Waals surface area contributed by atoms with E-state index in [4.69, 9.17) is 4.74 Å². The number of carbonyl (C=O) groups excluding carboxylic acids is 1. The van der Waals surface area contributed by atoms with E-state index in [9.17, 15) is 13.2 Å². The first kappa shape index (κ1) is 15.7. The van der Waals surface area contributed by atoms with Gasteiger partial charge < -0.3 is 4.74 Å². The molecule has 0 N–H and O–H groups in total. The van der Waals surface area contributed by atoms with Crippen molar-refractivity contribution in [2.45, 2.75) is 50.4 Å². The van der Waals surface area contributed by atoms with Crippen molar-refractivity contribution >= 4 is 15.6 Å². The highest BCUT2D eigenvalue weighted by Gasteiger charge is 2.24. The molecule has 1 rings (SSSR count). The second-order valence-corrected chi connectivity index (χ2v) is 7.27. The van der Waals surface area contributed by atoms with Crippen LogP contribution in [0.4, 0.5) is 0 Å². The van der Waals surface area contributed by atoms with Crippen molar-refractivity contribution in [1.82, 2.24) is 0 Å². The van der Waals surface area contributed by atoms with E-state index in [2.05, 4.69) is 0 Å². The number of rotatable bonds is 6. The smallest absolute Gasteiger partial charge is 0.181 e. The first-order valence-electron chi connectivity index (χ1n) is 6.23. The average molecular weight is 284 g/mol. The molecule has 0 spiro atoms. The minimum Gasteiger partial charge on any atom is -0.491 e. The maximum Gasteiger partial charge on any atom is 0.181 e. The fourth-order valence-electron chi connectivity index (χ4n) is 1.73. The summed E-state index contributed by atoms with van der Waals surface area (Å²) in [6, 6.07) is 6.30. The lowest BCUT2D eigenvalue weighted by Crippen LogP contribution is -2.20. The molecule has 0 radical (unpaired) electrons.